The predicted molar refractivity (Wildman–Crippen MR) is 67.7 cm³/mol. The van der Waals surface area contributed by atoms with Crippen LogP contribution >= 0.6 is 0 Å². The van der Waals surface area contributed by atoms with Crippen LogP contribution in [-0.4, -0.2) is 25.8 Å². The highest BCUT2D eigenvalue weighted by molar-refractivity contribution is 4.71. The van der Waals surface area contributed by atoms with Gasteiger partial charge in [0.25, 0.3) is 0 Å². The molecule has 1 aliphatic carbocycles. The Morgan fingerprint density at radius 2 is 1.81 bits per heavy atom. The molecule has 0 aromatic carbocycles. The molecule has 1 unspecified atom stereocenters. The molecule has 0 aromatic rings. The van der Waals surface area contributed by atoms with E-state index in [-0.39, 0.29) is 0 Å². The fraction of sp³-hybridized carbons (Fsp3) is 1.00. The van der Waals surface area contributed by atoms with Gasteiger partial charge in [-0.15, -0.1) is 0 Å². The minimum Gasteiger partial charge on any atom is -0.381 e. The maximum Gasteiger partial charge on any atom is 0.0480 e. The summed E-state index contributed by atoms with van der Waals surface area (Å²) in [4.78, 5) is 0. The molecular weight excluding hydrogens is 198 g/mol. The van der Waals surface area contributed by atoms with E-state index in [9.17, 15) is 0 Å². The molecule has 2 rings (SSSR count). The lowest BCUT2D eigenvalue weighted by molar-refractivity contribution is 0.142. The van der Waals surface area contributed by atoms with Crippen molar-refractivity contribution >= 4 is 0 Å². The lowest BCUT2D eigenvalue weighted by atomic mass is 10.0. The summed E-state index contributed by atoms with van der Waals surface area (Å²) in [6.07, 6.45) is 12.6. The molecule has 2 heteroatoms. The summed E-state index contributed by atoms with van der Waals surface area (Å²) in [5.74, 6) is 1.05. The van der Waals surface area contributed by atoms with Crippen LogP contribution in [0, 0.1) is 5.92 Å². The Kier molecular flexibility index (Phi) is 5.64. The number of nitrogens with one attached hydrogen (secondary N) is 1. The van der Waals surface area contributed by atoms with E-state index in [2.05, 4.69) is 5.32 Å². The van der Waals surface area contributed by atoms with Gasteiger partial charge >= 0.3 is 0 Å². The van der Waals surface area contributed by atoms with E-state index in [1.54, 1.807) is 0 Å². The van der Waals surface area contributed by atoms with Gasteiger partial charge in [-0.05, 0) is 44.6 Å². The Morgan fingerprint density at radius 1 is 0.938 bits per heavy atom. The molecule has 1 atom stereocenters. The van der Waals surface area contributed by atoms with Crippen molar-refractivity contribution in [2.24, 2.45) is 5.92 Å². The average molecular weight is 225 g/mol. The van der Waals surface area contributed by atoms with Gasteiger partial charge in [0.2, 0.25) is 0 Å². The van der Waals surface area contributed by atoms with Gasteiger partial charge in [0.1, 0.15) is 0 Å². The molecular formula is C14H27NO. The fourth-order valence-corrected chi connectivity index (χ4v) is 3.10. The highest BCUT2D eigenvalue weighted by atomic mass is 16.5. The zero-order valence-corrected chi connectivity index (χ0v) is 10.5. The summed E-state index contributed by atoms with van der Waals surface area (Å²) in [6.45, 7) is 3.15. The summed E-state index contributed by atoms with van der Waals surface area (Å²) in [6, 6.07) is 0.728. The second-order valence-corrected chi connectivity index (χ2v) is 5.49. The Labute approximate surface area is 100 Å². The van der Waals surface area contributed by atoms with Crippen LogP contribution in [0.25, 0.3) is 0 Å². The monoisotopic (exact) mass is 225 g/mol. The molecule has 0 spiro atoms. The van der Waals surface area contributed by atoms with Crippen LogP contribution in [0.2, 0.25) is 0 Å². The summed E-state index contributed by atoms with van der Waals surface area (Å²) in [7, 11) is 0. The first-order chi connectivity index (χ1) is 7.95. The Morgan fingerprint density at radius 3 is 2.69 bits per heavy atom. The average Bonchev–Trinajstić information content (AvgIpc) is 2.68. The first-order valence-corrected chi connectivity index (χ1v) is 7.26. The van der Waals surface area contributed by atoms with Gasteiger partial charge in [0.15, 0.2) is 0 Å². The van der Waals surface area contributed by atoms with Crippen LogP contribution in [0.3, 0.4) is 0 Å². The van der Waals surface area contributed by atoms with Crippen molar-refractivity contribution in [3.63, 3.8) is 0 Å². The molecule has 2 aliphatic rings. The minimum atomic E-state index is 0.728. The summed E-state index contributed by atoms with van der Waals surface area (Å²) >= 11 is 0. The SMILES string of the molecule is C1CCC(CCCNC2CCCOCC2)C1. The van der Waals surface area contributed by atoms with Crippen molar-refractivity contribution in [1.82, 2.24) is 5.32 Å². The van der Waals surface area contributed by atoms with E-state index in [1.807, 2.05) is 0 Å². The Balaban J connectivity index is 1.49. The molecule has 1 heterocycles. The highest BCUT2D eigenvalue weighted by Crippen LogP contribution is 2.28. The minimum absolute atomic E-state index is 0.728. The standard InChI is InChI=1S/C14H27NO/c1-2-6-13(5-1)7-3-10-15-14-8-4-11-16-12-9-14/h13-15H,1-12H2. The van der Waals surface area contributed by atoms with E-state index >= 15 is 0 Å². The summed E-state index contributed by atoms with van der Waals surface area (Å²) in [5.41, 5.74) is 0. The van der Waals surface area contributed by atoms with Crippen molar-refractivity contribution in [3.05, 3.63) is 0 Å². The van der Waals surface area contributed by atoms with Crippen LogP contribution in [0.15, 0.2) is 0 Å². The van der Waals surface area contributed by atoms with Crippen molar-refractivity contribution in [2.45, 2.75) is 63.8 Å². The Hall–Kier alpha value is -0.0800. The van der Waals surface area contributed by atoms with E-state index < -0.39 is 0 Å². The maximum atomic E-state index is 5.47. The number of hydrogen-bond acceptors (Lipinski definition) is 2. The second-order valence-electron chi connectivity index (χ2n) is 5.49. The molecule has 94 valence electrons. The van der Waals surface area contributed by atoms with E-state index in [0.717, 1.165) is 25.2 Å². The number of rotatable bonds is 5. The molecule has 1 saturated carbocycles. The third-order valence-electron chi connectivity index (χ3n) is 4.15. The first kappa shape index (κ1) is 12.4. The lowest BCUT2D eigenvalue weighted by Crippen LogP contribution is -2.30. The van der Waals surface area contributed by atoms with Crippen LogP contribution in [0.4, 0.5) is 0 Å². The first-order valence-electron chi connectivity index (χ1n) is 7.26. The van der Waals surface area contributed by atoms with Crippen molar-refractivity contribution in [3.8, 4) is 0 Å². The molecule has 1 N–H and O–H groups in total. The van der Waals surface area contributed by atoms with Crippen LogP contribution in [0.1, 0.15) is 57.8 Å². The summed E-state index contributed by atoms with van der Waals surface area (Å²) < 4.78 is 5.47. The van der Waals surface area contributed by atoms with Crippen molar-refractivity contribution in [2.75, 3.05) is 19.8 Å². The maximum absolute atomic E-state index is 5.47. The molecule has 0 bridgehead atoms. The molecule has 2 fully saturated rings. The van der Waals surface area contributed by atoms with Crippen molar-refractivity contribution < 1.29 is 4.74 Å². The van der Waals surface area contributed by atoms with Gasteiger partial charge in [-0.2, -0.15) is 0 Å². The normalized spacial score (nSPS) is 28.1. The van der Waals surface area contributed by atoms with Gasteiger partial charge in [-0.3, -0.25) is 0 Å². The highest BCUT2D eigenvalue weighted by Gasteiger charge is 2.15. The molecule has 2 nitrogen and oxygen atoms in total. The van der Waals surface area contributed by atoms with Crippen LogP contribution < -0.4 is 5.32 Å². The van der Waals surface area contributed by atoms with E-state index in [0.29, 0.717) is 0 Å². The zero-order valence-electron chi connectivity index (χ0n) is 10.5. The Bertz CT molecular complexity index is 170. The fourth-order valence-electron chi connectivity index (χ4n) is 3.10. The lowest BCUT2D eigenvalue weighted by Gasteiger charge is -2.16. The quantitative estimate of drug-likeness (QED) is 0.726. The predicted octanol–water partition coefficient (Wildman–Crippen LogP) is 3.12. The third kappa shape index (κ3) is 4.42. The van der Waals surface area contributed by atoms with Crippen LogP contribution in [0.5, 0.6) is 0 Å². The molecule has 1 aliphatic heterocycles. The molecule has 1 saturated heterocycles. The molecule has 16 heavy (non-hydrogen) atoms. The van der Waals surface area contributed by atoms with Gasteiger partial charge in [-0.1, -0.05) is 25.7 Å². The third-order valence-corrected chi connectivity index (χ3v) is 4.15. The van der Waals surface area contributed by atoms with E-state index in [1.165, 1.54) is 64.3 Å². The van der Waals surface area contributed by atoms with Gasteiger partial charge in [0.05, 0.1) is 0 Å². The van der Waals surface area contributed by atoms with E-state index in [4.69, 9.17) is 4.74 Å². The largest absolute Gasteiger partial charge is 0.381 e. The number of hydrogen-bond donors (Lipinski definition) is 1. The zero-order chi connectivity index (χ0) is 11.1. The van der Waals surface area contributed by atoms with Crippen molar-refractivity contribution in [1.29, 1.82) is 0 Å². The molecule has 0 amide bonds. The molecule has 0 aromatic heterocycles. The number of ether oxygens (including phenoxy) is 1. The second kappa shape index (κ2) is 7.29. The summed E-state index contributed by atoms with van der Waals surface area (Å²) in [5, 5.41) is 3.71. The topological polar surface area (TPSA) is 21.3 Å². The van der Waals surface area contributed by atoms with Gasteiger partial charge < -0.3 is 10.1 Å². The van der Waals surface area contributed by atoms with Crippen LogP contribution in [-0.2, 0) is 4.74 Å². The molecule has 0 radical (unpaired) electrons. The van der Waals surface area contributed by atoms with Gasteiger partial charge in [-0.25, -0.2) is 0 Å². The smallest absolute Gasteiger partial charge is 0.0480 e. The van der Waals surface area contributed by atoms with Gasteiger partial charge in [0, 0.05) is 19.3 Å².